The number of hydrogen-bond acceptors (Lipinski definition) is 2. The van der Waals surface area contributed by atoms with Crippen molar-refractivity contribution in [3.63, 3.8) is 0 Å². The van der Waals surface area contributed by atoms with Crippen LogP contribution in [0.3, 0.4) is 0 Å². The van der Waals surface area contributed by atoms with Gasteiger partial charge in [-0.3, -0.25) is 0 Å². The zero-order valence-corrected chi connectivity index (χ0v) is 12.8. The van der Waals surface area contributed by atoms with E-state index in [4.69, 9.17) is 0 Å². The third-order valence-electron chi connectivity index (χ3n) is 3.55. The lowest BCUT2D eigenvalue weighted by Crippen LogP contribution is -2.21. The summed E-state index contributed by atoms with van der Waals surface area (Å²) in [5.41, 5.74) is 1.49. The number of benzene rings is 1. The average molecular weight is 268 g/mol. The summed E-state index contributed by atoms with van der Waals surface area (Å²) in [6, 6.07) is 7.29. The Bertz CT molecular complexity index is 478. The smallest absolute Gasteiger partial charge is 0.175 e. The summed E-state index contributed by atoms with van der Waals surface area (Å²) in [6.45, 7) is 8.98. The number of sulfone groups is 1. The van der Waals surface area contributed by atoms with Gasteiger partial charge in [-0.2, -0.15) is 0 Å². The second kappa shape index (κ2) is 5.43. The first kappa shape index (κ1) is 15.2. The van der Waals surface area contributed by atoms with Crippen molar-refractivity contribution in [1.29, 1.82) is 0 Å². The summed E-state index contributed by atoms with van der Waals surface area (Å²) >= 11 is 0. The average Bonchev–Trinajstić information content (AvgIpc) is 2.23. The van der Waals surface area contributed by atoms with Gasteiger partial charge in [0.25, 0.3) is 0 Å². The molecular formula is C15H24O2S. The molecule has 1 rings (SSSR count). The van der Waals surface area contributed by atoms with E-state index < -0.39 is 9.84 Å². The van der Waals surface area contributed by atoms with Crippen molar-refractivity contribution in [3.8, 4) is 0 Å². The van der Waals surface area contributed by atoms with Crippen LogP contribution in [0.5, 0.6) is 0 Å². The van der Waals surface area contributed by atoms with Crippen molar-refractivity contribution < 1.29 is 8.42 Å². The van der Waals surface area contributed by atoms with Crippen LogP contribution in [0.2, 0.25) is 0 Å². The Morgan fingerprint density at radius 2 is 1.61 bits per heavy atom. The quantitative estimate of drug-likeness (QED) is 0.834. The van der Waals surface area contributed by atoms with Gasteiger partial charge in [-0.1, -0.05) is 46.2 Å². The van der Waals surface area contributed by atoms with Crippen LogP contribution >= 0.6 is 0 Å². The zero-order valence-electron chi connectivity index (χ0n) is 12.0. The first-order chi connectivity index (χ1) is 8.14. The van der Waals surface area contributed by atoms with Gasteiger partial charge >= 0.3 is 0 Å². The predicted molar refractivity (Wildman–Crippen MR) is 76.5 cm³/mol. The summed E-state index contributed by atoms with van der Waals surface area (Å²) in [4.78, 5) is 0.398. The van der Waals surface area contributed by atoms with E-state index in [0.29, 0.717) is 10.8 Å². The number of hydrogen-bond donors (Lipinski definition) is 0. The fourth-order valence-electron chi connectivity index (χ4n) is 2.22. The maximum Gasteiger partial charge on any atom is 0.175 e. The van der Waals surface area contributed by atoms with E-state index in [1.807, 2.05) is 12.1 Å². The van der Waals surface area contributed by atoms with Crippen molar-refractivity contribution in [3.05, 3.63) is 29.8 Å². The van der Waals surface area contributed by atoms with Crippen LogP contribution < -0.4 is 0 Å². The highest BCUT2D eigenvalue weighted by molar-refractivity contribution is 7.90. The molecular weight excluding hydrogens is 244 g/mol. The molecule has 1 atom stereocenters. The van der Waals surface area contributed by atoms with Gasteiger partial charge in [0.2, 0.25) is 0 Å². The Morgan fingerprint density at radius 1 is 1.11 bits per heavy atom. The molecule has 1 aromatic rings. The van der Waals surface area contributed by atoms with Crippen LogP contribution in [0, 0.1) is 11.3 Å². The Kier molecular flexibility index (Phi) is 4.60. The van der Waals surface area contributed by atoms with Gasteiger partial charge < -0.3 is 0 Å². The molecule has 0 aliphatic heterocycles. The molecule has 0 fully saturated rings. The molecule has 0 aliphatic carbocycles. The summed E-state index contributed by atoms with van der Waals surface area (Å²) in [5, 5.41) is 0. The molecule has 102 valence electrons. The first-order valence-electron chi connectivity index (χ1n) is 6.43. The molecule has 0 radical (unpaired) electrons. The first-order valence-corrected chi connectivity index (χ1v) is 8.32. The lowest BCUT2D eigenvalue weighted by molar-refractivity contribution is 0.231. The number of rotatable bonds is 4. The minimum atomic E-state index is -3.08. The second-order valence-electron chi connectivity index (χ2n) is 6.09. The highest BCUT2D eigenvalue weighted by Crippen LogP contribution is 2.31. The molecule has 3 heteroatoms. The van der Waals surface area contributed by atoms with Crippen molar-refractivity contribution in [1.82, 2.24) is 0 Å². The van der Waals surface area contributed by atoms with Gasteiger partial charge in [-0.15, -0.1) is 0 Å². The van der Waals surface area contributed by atoms with E-state index in [1.165, 1.54) is 11.8 Å². The van der Waals surface area contributed by atoms with Gasteiger partial charge in [0.15, 0.2) is 9.84 Å². The topological polar surface area (TPSA) is 34.1 Å². The van der Waals surface area contributed by atoms with Crippen LogP contribution in [0.25, 0.3) is 0 Å². The van der Waals surface area contributed by atoms with E-state index in [2.05, 4.69) is 27.7 Å². The highest BCUT2D eigenvalue weighted by atomic mass is 32.2. The summed E-state index contributed by atoms with van der Waals surface area (Å²) in [7, 11) is -3.08. The van der Waals surface area contributed by atoms with Crippen molar-refractivity contribution in [2.24, 2.45) is 11.3 Å². The van der Waals surface area contributed by atoms with Crippen LogP contribution in [0.15, 0.2) is 29.2 Å². The highest BCUT2D eigenvalue weighted by Gasteiger charge is 2.23. The minimum absolute atomic E-state index is 0.282. The molecule has 18 heavy (non-hydrogen) atoms. The van der Waals surface area contributed by atoms with E-state index >= 15 is 0 Å². The monoisotopic (exact) mass is 268 g/mol. The maximum absolute atomic E-state index is 11.4. The minimum Gasteiger partial charge on any atom is -0.224 e. The van der Waals surface area contributed by atoms with E-state index in [0.717, 1.165) is 12.8 Å². The van der Waals surface area contributed by atoms with Crippen LogP contribution in [-0.2, 0) is 16.3 Å². The molecule has 0 saturated carbocycles. The van der Waals surface area contributed by atoms with Crippen molar-refractivity contribution in [2.75, 3.05) is 6.26 Å². The van der Waals surface area contributed by atoms with Gasteiger partial charge in [0, 0.05) is 6.26 Å². The summed E-state index contributed by atoms with van der Waals surface area (Å²) in [5.74, 6) is 0.613. The normalized spacial score (nSPS) is 14.5. The third kappa shape index (κ3) is 4.13. The molecule has 1 unspecified atom stereocenters. The lowest BCUT2D eigenvalue weighted by Gasteiger charge is -2.30. The Labute approximate surface area is 111 Å². The Balaban J connectivity index is 2.87. The van der Waals surface area contributed by atoms with Crippen LogP contribution in [-0.4, -0.2) is 14.7 Å². The molecule has 0 spiro atoms. The van der Waals surface area contributed by atoms with Gasteiger partial charge in [-0.05, 0) is 35.4 Å². The second-order valence-corrected chi connectivity index (χ2v) is 8.11. The predicted octanol–water partition coefficient (Wildman–Crippen LogP) is 3.70. The van der Waals surface area contributed by atoms with E-state index in [9.17, 15) is 8.42 Å². The molecule has 1 aromatic carbocycles. The SMILES string of the molecule is CCC(Cc1ccc(S(C)(=O)=O)cc1)C(C)(C)C. The van der Waals surface area contributed by atoms with Crippen LogP contribution in [0.4, 0.5) is 0 Å². The Hall–Kier alpha value is -0.830. The lowest BCUT2D eigenvalue weighted by atomic mass is 9.76. The van der Waals surface area contributed by atoms with Crippen molar-refractivity contribution in [2.45, 2.75) is 45.4 Å². The molecule has 2 nitrogen and oxygen atoms in total. The fourth-order valence-corrected chi connectivity index (χ4v) is 2.85. The maximum atomic E-state index is 11.4. The Morgan fingerprint density at radius 3 is 1.94 bits per heavy atom. The standard InChI is InChI=1S/C15H24O2S/c1-6-13(15(2,3)4)11-12-7-9-14(10-8-12)18(5,16)17/h7-10,13H,6,11H2,1-5H3. The van der Waals surface area contributed by atoms with Crippen LogP contribution in [0.1, 0.15) is 39.7 Å². The molecule has 0 aromatic heterocycles. The summed E-state index contributed by atoms with van der Waals surface area (Å²) in [6.07, 6.45) is 3.38. The van der Waals surface area contributed by atoms with E-state index in [-0.39, 0.29) is 5.41 Å². The zero-order chi connectivity index (χ0) is 14.0. The molecule has 0 amide bonds. The third-order valence-corrected chi connectivity index (χ3v) is 4.68. The van der Waals surface area contributed by atoms with Gasteiger partial charge in [0.1, 0.15) is 0 Å². The van der Waals surface area contributed by atoms with Crippen molar-refractivity contribution >= 4 is 9.84 Å². The molecule has 0 saturated heterocycles. The molecule has 0 N–H and O–H groups in total. The molecule has 0 aliphatic rings. The largest absolute Gasteiger partial charge is 0.224 e. The van der Waals surface area contributed by atoms with E-state index in [1.54, 1.807) is 12.1 Å². The fraction of sp³-hybridized carbons (Fsp3) is 0.600. The molecule has 0 heterocycles. The summed E-state index contributed by atoms with van der Waals surface area (Å²) < 4.78 is 22.8. The molecule has 0 bridgehead atoms. The van der Waals surface area contributed by atoms with Gasteiger partial charge in [0.05, 0.1) is 4.90 Å². The van der Waals surface area contributed by atoms with Gasteiger partial charge in [-0.25, -0.2) is 8.42 Å².